The largest absolute Gasteiger partial charge is 0.497 e. The third-order valence-corrected chi connectivity index (χ3v) is 6.59. The Morgan fingerprint density at radius 2 is 1.88 bits per heavy atom. The van der Waals surface area contributed by atoms with Gasteiger partial charge in [0.25, 0.3) is 0 Å². The van der Waals surface area contributed by atoms with Gasteiger partial charge in [-0.2, -0.15) is 0 Å². The molecule has 1 N–H and O–H groups in total. The van der Waals surface area contributed by atoms with E-state index in [9.17, 15) is 9.59 Å². The van der Waals surface area contributed by atoms with Gasteiger partial charge >= 0.3 is 0 Å². The molecule has 3 atom stereocenters. The summed E-state index contributed by atoms with van der Waals surface area (Å²) in [6.45, 7) is 2.39. The van der Waals surface area contributed by atoms with E-state index >= 15 is 0 Å². The van der Waals surface area contributed by atoms with Crippen molar-refractivity contribution in [3.63, 3.8) is 0 Å². The first-order valence-corrected chi connectivity index (χ1v) is 11.9. The van der Waals surface area contributed by atoms with E-state index in [1.54, 1.807) is 31.4 Å². The summed E-state index contributed by atoms with van der Waals surface area (Å²) in [6, 6.07) is 13.8. The lowest BCUT2D eigenvalue weighted by Gasteiger charge is -2.35. The summed E-state index contributed by atoms with van der Waals surface area (Å²) in [6.07, 6.45) is 4.31. The van der Waals surface area contributed by atoms with Crippen molar-refractivity contribution in [1.29, 1.82) is 0 Å². The van der Waals surface area contributed by atoms with Crippen LogP contribution in [0.15, 0.2) is 48.5 Å². The molecule has 2 aromatic carbocycles. The second kappa shape index (κ2) is 11.6. The third-order valence-electron chi connectivity index (χ3n) is 6.11. The Balaban J connectivity index is 1.95. The summed E-state index contributed by atoms with van der Waals surface area (Å²) < 4.78 is 5.32. The van der Waals surface area contributed by atoms with E-state index in [1.807, 2.05) is 24.3 Å². The van der Waals surface area contributed by atoms with Crippen molar-refractivity contribution in [2.75, 3.05) is 13.0 Å². The highest BCUT2D eigenvalue weighted by atomic mass is 35.5. The highest BCUT2D eigenvalue weighted by Crippen LogP contribution is 2.29. The molecule has 3 rings (SSSR count). The van der Waals surface area contributed by atoms with Crippen LogP contribution in [0.2, 0.25) is 5.02 Å². The van der Waals surface area contributed by atoms with Gasteiger partial charge in [-0.15, -0.1) is 11.6 Å². The number of amides is 2. The molecule has 0 aromatic heterocycles. The number of hydrogen-bond donors (Lipinski definition) is 1. The summed E-state index contributed by atoms with van der Waals surface area (Å²) >= 11 is 12.1. The maximum atomic E-state index is 13.6. The van der Waals surface area contributed by atoms with Crippen LogP contribution in [0.1, 0.15) is 49.8 Å². The number of carbonyl (C=O) groups excluding carboxylic acids is 2. The van der Waals surface area contributed by atoms with E-state index in [2.05, 4.69) is 12.2 Å². The van der Waals surface area contributed by atoms with Gasteiger partial charge in [-0.3, -0.25) is 9.59 Å². The Bertz CT molecular complexity index is 920. The number of carbonyl (C=O) groups is 2. The molecular formula is C25H30Cl2N2O3. The maximum absolute atomic E-state index is 13.6. The first-order chi connectivity index (χ1) is 15.4. The van der Waals surface area contributed by atoms with Gasteiger partial charge < -0.3 is 15.0 Å². The van der Waals surface area contributed by atoms with Crippen LogP contribution in [0.3, 0.4) is 0 Å². The van der Waals surface area contributed by atoms with Crippen molar-refractivity contribution in [1.82, 2.24) is 10.2 Å². The Hall–Kier alpha value is -2.24. The van der Waals surface area contributed by atoms with Gasteiger partial charge in [-0.05, 0) is 54.2 Å². The summed E-state index contributed by atoms with van der Waals surface area (Å²) in [5.41, 5.74) is 1.54. The molecule has 0 radical (unpaired) electrons. The van der Waals surface area contributed by atoms with Crippen LogP contribution in [-0.2, 0) is 16.1 Å². The lowest BCUT2D eigenvalue weighted by molar-refractivity contribution is -0.140. The number of rotatable bonds is 8. The van der Waals surface area contributed by atoms with Crippen molar-refractivity contribution in [2.45, 2.75) is 51.2 Å². The Labute approximate surface area is 200 Å². The summed E-state index contributed by atoms with van der Waals surface area (Å²) in [5.74, 6) is 0.341. The number of benzene rings is 2. The van der Waals surface area contributed by atoms with Gasteiger partial charge in [0, 0.05) is 17.6 Å². The van der Waals surface area contributed by atoms with Crippen LogP contribution in [0.5, 0.6) is 5.75 Å². The molecule has 0 spiro atoms. The minimum absolute atomic E-state index is 0.0934. The molecule has 2 aromatic rings. The van der Waals surface area contributed by atoms with Gasteiger partial charge in [0.2, 0.25) is 11.8 Å². The summed E-state index contributed by atoms with van der Waals surface area (Å²) in [7, 11) is 1.59. The Morgan fingerprint density at radius 1 is 1.16 bits per heavy atom. The molecular weight excluding hydrogens is 447 g/mol. The molecule has 172 valence electrons. The molecule has 1 aliphatic carbocycles. The number of nitrogens with zero attached hydrogens (tertiary/aromatic N) is 1. The monoisotopic (exact) mass is 476 g/mol. The van der Waals surface area contributed by atoms with E-state index in [-0.39, 0.29) is 30.3 Å². The minimum Gasteiger partial charge on any atom is -0.497 e. The number of alkyl halides is 1. The van der Waals surface area contributed by atoms with Crippen LogP contribution >= 0.6 is 23.2 Å². The lowest BCUT2D eigenvalue weighted by atomic mass is 9.85. The average Bonchev–Trinajstić information content (AvgIpc) is 2.81. The number of hydrogen-bond acceptors (Lipinski definition) is 3. The molecule has 0 saturated heterocycles. The van der Waals surface area contributed by atoms with Crippen molar-refractivity contribution in [2.24, 2.45) is 5.92 Å². The normalized spacial score (nSPS) is 19.1. The number of nitrogens with one attached hydrogen (secondary N) is 1. The smallest absolute Gasteiger partial charge is 0.247 e. The highest BCUT2D eigenvalue weighted by Gasteiger charge is 2.33. The summed E-state index contributed by atoms with van der Waals surface area (Å²) in [4.78, 5) is 28.1. The fourth-order valence-electron chi connectivity index (χ4n) is 4.28. The standard InChI is InChI=1S/C25H30Cl2N2O3/c1-17-6-3-4-9-22(17)28-25(31)24(19-10-12-20(27)13-11-19)29(23(30)15-26)16-18-7-5-8-21(14-18)32-2/h5,7-8,10-14,17,22,24H,3-4,6,9,15-16H2,1-2H3,(H,28,31)/t17-,22-,24+/m1/s1. The van der Waals surface area contributed by atoms with E-state index in [4.69, 9.17) is 27.9 Å². The minimum atomic E-state index is -0.821. The van der Waals surface area contributed by atoms with E-state index < -0.39 is 6.04 Å². The molecule has 0 heterocycles. The topological polar surface area (TPSA) is 58.6 Å². The first kappa shape index (κ1) is 24.4. The fraction of sp³-hybridized carbons (Fsp3) is 0.440. The van der Waals surface area contributed by atoms with E-state index in [0.29, 0.717) is 22.3 Å². The second-order valence-corrected chi connectivity index (χ2v) is 9.04. The van der Waals surface area contributed by atoms with Crippen LogP contribution < -0.4 is 10.1 Å². The zero-order valence-corrected chi connectivity index (χ0v) is 20.0. The zero-order chi connectivity index (χ0) is 23.1. The fourth-order valence-corrected chi connectivity index (χ4v) is 4.56. The van der Waals surface area contributed by atoms with Gasteiger partial charge in [-0.25, -0.2) is 0 Å². The molecule has 0 bridgehead atoms. The molecule has 2 amide bonds. The molecule has 1 aliphatic rings. The number of ether oxygens (including phenoxy) is 1. The first-order valence-electron chi connectivity index (χ1n) is 11.0. The Kier molecular flexibility index (Phi) is 8.83. The predicted octanol–water partition coefficient (Wildman–Crippen LogP) is 5.35. The van der Waals surface area contributed by atoms with Crippen molar-refractivity contribution in [3.05, 3.63) is 64.7 Å². The van der Waals surface area contributed by atoms with Crippen molar-refractivity contribution in [3.8, 4) is 5.75 Å². The van der Waals surface area contributed by atoms with Gasteiger partial charge in [0.05, 0.1) is 7.11 Å². The van der Waals surface area contributed by atoms with E-state index in [0.717, 1.165) is 24.8 Å². The number of methoxy groups -OCH3 is 1. The molecule has 1 saturated carbocycles. The van der Waals surface area contributed by atoms with Crippen LogP contribution in [-0.4, -0.2) is 35.7 Å². The molecule has 1 fully saturated rings. The second-order valence-electron chi connectivity index (χ2n) is 8.34. The zero-order valence-electron chi connectivity index (χ0n) is 18.5. The maximum Gasteiger partial charge on any atom is 0.247 e. The average molecular weight is 477 g/mol. The summed E-state index contributed by atoms with van der Waals surface area (Å²) in [5, 5.41) is 3.78. The van der Waals surface area contributed by atoms with Crippen molar-refractivity contribution < 1.29 is 14.3 Å². The molecule has 7 heteroatoms. The van der Waals surface area contributed by atoms with E-state index in [1.165, 1.54) is 11.3 Å². The molecule has 5 nitrogen and oxygen atoms in total. The van der Waals surface area contributed by atoms with Crippen LogP contribution in [0, 0.1) is 5.92 Å². The van der Waals surface area contributed by atoms with Crippen molar-refractivity contribution >= 4 is 35.0 Å². The highest BCUT2D eigenvalue weighted by molar-refractivity contribution is 6.30. The van der Waals surface area contributed by atoms with Gasteiger partial charge in [0.1, 0.15) is 17.7 Å². The van der Waals surface area contributed by atoms with Gasteiger partial charge in [-0.1, -0.05) is 55.6 Å². The predicted molar refractivity (Wildman–Crippen MR) is 128 cm³/mol. The van der Waals surface area contributed by atoms with Crippen LogP contribution in [0.4, 0.5) is 0 Å². The SMILES string of the molecule is COc1cccc(CN(C(=O)CCl)[C@H](C(=O)N[C@@H]2CCCC[C@H]2C)c2ccc(Cl)cc2)c1. The quantitative estimate of drug-likeness (QED) is 0.522. The van der Waals surface area contributed by atoms with Crippen LogP contribution in [0.25, 0.3) is 0 Å². The van der Waals surface area contributed by atoms with Gasteiger partial charge in [0.15, 0.2) is 0 Å². The number of halogens is 2. The lowest BCUT2D eigenvalue weighted by Crippen LogP contribution is -2.49. The third kappa shape index (κ3) is 6.17. The Morgan fingerprint density at radius 3 is 2.53 bits per heavy atom. The molecule has 0 aliphatic heterocycles. The molecule has 32 heavy (non-hydrogen) atoms. The molecule has 0 unspecified atom stereocenters.